The van der Waals surface area contributed by atoms with Crippen LogP contribution in [0.5, 0.6) is 0 Å². The van der Waals surface area contributed by atoms with Crippen molar-refractivity contribution < 1.29 is 9.47 Å². The van der Waals surface area contributed by atoms with E-state index >= 15 is 0 Å². The molecule has 1 aliphatic heterocycles. The summed E-state index contributed by atoms with van der Waals surface area (Å²) in [6, 6.07) is 32.4. The van der Waals surface area contributed by atoms with Crippen molar-refractivity contribution in [3.8, 4) is 0 Å². The molecule has 3 aromatic carbocycles. The third-order valence-electron chi connectivity index (χ3n) is 6.27. The van der Waals surface area contributed by atoms with Crippen LogP contribution >= 0.6 is 0 Å². The predicted octanol–water partition coefficient (Wildman–Crippen LogP) is 4.51. The Morgan fingerprint density at radius 3 is 1.88 bits per heavy atom. The van der Waals surface area contributed by atoms with Gasteiger partial charge in [0.05, 0.1) is 12.7 Å². The van der Waals surface area contributed by atoms with Gasteiger partial charge in [-0.05, 0) is 35.6 Å². The van der Waals surface area contributed by atoms with E-state index in [1.807, 2.05) is 54.6 Å². The van der Waals surface area contributed by atoms with Gasteiger partial charge in [-0.25, -0.2) is 4.79 Å². The van der Waals surface area contributed by atoms with Crippen LogP contribution in [0.1, 0.15) is 35.8 Å². The van der Waals surface area contributed by atoms with E-state index < -0.39 is 11.3 Å². The van der Waals surface area contributed by atoms with E-state index in [4.69, 9.17) is 15.2 Å². The summed E-state index contributed by atoms with van der Waals surface area (Å²) in [4.78, 5) is 16.1. The lowest BCUT2D eigenvalue weighted by molar-refractivity contribution is -0.0773. The molecule has 2 atom stereocenters. The predicted molar refractivity (Wildman–Crippen MR) is 131 cm³/mol. The second-order valence-corrected chi connectivity index (χ2v) is 8.42. The number of rotatable bonds is 7. The molecule has 1 aromatic heterocycles. The SMILES string of the molecule is Nc1ccn([C@H]2CC[C@@H](COC(c3ccccc3)(c3ccccc3)c3ccccc3)O2)c(=O)n1. The Hall–Kier alpha value is -3.74. The number of anilines is 1. The first-order valence-corrected chi connectivity index (χ1v) is 11.5. The van der Waals surface area contributed by atoms with E-state index in [0.717, 1.165) is 23.1 Å². The van der Waals surface area contributed by atoms with E-state index in [-0.39, 0.29) is 18.1 Å². The number of aromatic nitrogens is 2. The topological polar surface area (TPSA) is 79.4 Å². The minimum Gasteiger partial charge on any atom is -0.383 e. The van der Waals surface area contributed by atoms with Gasteiger partial charge < -0.3 is 15.2 Å². The Labute approximate surface area is 198 Å². The van der Waals surface area contributed by atoms with Crippen molar-refractivity contribution in [2.75, 3.05) is 12.3 Å². The summed E-state index contributed by atoms with van der Waals surface area (Å²) in [6.45, 7) is 0.367. The zero-order valence-electron chi connectivity index (χ0n) is 18.8. The van der Waals surface area contributed by atoms with E-state index in [9.17, 15) is 4.79 Å². The molecule has 6 heteroatoms. The fourth-order valence-corrected chi connectivity index (χ4v) is 4.65. The molecular formula is C28H27N3O3. The number of nitrogen functional groups attached to an aromatic ring is 1. The number of ether oxygens (including phenoxy) is 2. The van der Waals surface area contributed by atoms with E-state index in [0.29, 0.717) is 13.0 Å². The van der Waals surface area contributed by atoms with Gasteiger partial charge >= 0.3 is 5.69 Å². The lowest BCUT2D eigenvalue weighted by Gasteiger charge is -2.36. The van der Waals surface area contributed by atoms with Crippen molar-refractivity contribution in [3.05, 3.63) is 130 Å². The number of hydrogen-bond donors (Lipinski definition) is 1. The van der Waals surface area contributed by atoms with Crippen molar-refractivity contribution in [2.45, 2.75) is 30.8 Å². The summed E-state index contributed by atoms with van der Waals surface area (Å²) in [6.07, 6.45) is 2.57. The quantitative estimate of drug-likeness (QED) is 0.417. The van der Waals surface area contributed by atoms with Crippen LogP contribution in [0.25, 0.3) is 0 Å². The Kier molecular flexibility index (Phi) is 6.25. The Morgan fingerprint density at radius 2 is 1.38 bits per heavy atom. The van der Waals surface area contributed by atoms with Gasteiger partial charge in [0.25, 0.3) is 0 Å². The molecule has 0 spiro atoms. The van der Waals surface area contributed by atoms with Gasteiger partial charge in [0.15, 0.2) is 0 Å². The summed E-state index contributed by atoms with van der Waals surface area (Å²) in [7, 11) is 0. The van der Waals surface area contributed by atoms with E-state index in [2.05, 4.69) is 41.4 Å². The first kappa shape index (κ1) is 22.1. The van der Waals surface area contributed by atoms with Gasteiger partial charge in [0, 0.05) is 6.20 Å². The van der Waals surface area contributed by atoms with E-state index in [1.165, 1.54) is 4.57 Å². The van der Waals surface area contributed by atoms with E-state index in [1.54, 1.807) is 12.3 Å². The third-order valence-corrected chi connectivity index (χ3v) is 6.27. The molecule has 34 heavy (non-hydrogen) atoms. The number of nitrogens with zero attached hydrogens (tertiary/aromatic N) is 2. The first-order valence-electron chi connectivity index (χ1n) is 11.5. The molecule has 1 saturated heterocycles. The highest BCUT2D eigenvalue weighted by molar-refractivity contribution is 5.47. The highest BCUT2D eigenvalue weighted by Gasteiger charge is 2.39. The van der Waals surface area contributed by atoms with Crippen LogP contribution in [-0.2, 0) is 15.1 Å². The molecule has 0 unspecified atom stereocenters. The highest BCUT2D eigenvalue weighted by atomic mass is 16.6. The first-order chi connectivity index (χ1) is 16.7. The van der Waals surface area contributed by atoms with Crippen LogP contribution in [0.3, 0.4) is 0 Å². The maximum Gasteiger partial charge on any atom is 0.351 e. The van der Waals surface area contributed by atoms with Gasteiger partial charge in [-0.15, -0.1) is 0 Å². The van der Waals surface area contributed by atoms with Crippen molar-refractivity contribution in [3.63, 3.8) is 0 Å². The van der Waals surface area contributed by atoms with Crippen LogP contribution < -0.4 is 11.4 Å². The second kappa shape index (κ2) is 9.63. The van der Waals surface area contributed by atoms with Gasteiger partial charge in [0.2, 0.25) is 0 Å². The molecule has 0 amide bonds. The van der Waals surface area contributed by atoms with Crippen LogP contribution in [0, 0.1) is 0 Å². The average Bonchev–Trinajstić information content (AvgIpc) is 3.35. The molecule has 6 nitrogen and oxygen atoms in total. The summed E-state index contributed by atoms with van der Waals surface area (Å²) in [5.74, 6) is 0.206. The number of benzene rings is 3. The van der Waals surface area contributed by atoms with Gasteiger partial charge in [-0.3, -0.25) is 4.57 Å². The fourth-order valence-electron chi connectivity index (χ4n) is 4.65. The van der Waals surface area contributed by atoms with Crippen molar-refractivity contribution in [1.29, 1.82) is 0 Å². The zero-order chi connectivity index (χ0) is 23.4. The minimum atomic E-state index is -0.801. The zero-order valence-corrected chi connectivity index (χ0v) is 18.8. The summed E-state index contributed by atoms with van der Waals surface area (Å²) in [5.41, 5.74) is 7.55. The van der Waals surface area contributed by atoms with Crippen molar-refractivity contribution in [1.82, 2.24) is 9.55 Å². The van der Waals surface area contributed by atoms with Gasteiger partial charge in [0.1, 0.15) is 17.6 Å². The van der Waals surface area contributed by atoms with Gasteiger partial charge in [-0.1, -0.05) is 91.0 Å². The number of hydrogen-bond acceptors (Lipinski definition) is 5. The maximum atomic E-state index is 12.3. The normalized spacial score (nSPS) is 18.1. The third kappa shape index (κ3) is 4.25. The standard InChI is InChI=1S/C28H27N3O3/c29-25-18-19-31(27(32)30-25)26-17-16-24(34-26)20-33-28(21-10-4-1-5-11-21,22-12-6-2-7-13-22)23-14-8-3-9-15-23/h1-15,18-19,24,26H,16-17,20H2,(H2,29,30,32)/t24-,26+/m0/s1. The smallest absolute Gasteiger partial charge is 0.351 e. The largest absolute Gasteiger partial charge is 0.383 e. The van der Waals surface area contributed by atoms with Crippen LogP contribution in [0.4, 0.5) is 5.82 Å². The summed E-state index contributed by atoms with van der Waals surface area (Å²) >= 11 is 0. The molecule has 4 aromatic rings. The van der Waals surface area contributed by atoms with Gasteiger partial charge in [-0.2, -0.15) is 4.98 Å². The molecule has 0 radical (unpaired) electrons. The molecule has 0 aliphatic carbocycles. The molecule has 2 heterocycles. The number of nitrogens with two attached hydrogens (primary N) is 1. The summed E-state index contributed by atoms with van der Waals surface area (Å²) < 4.78 is 14.6. The second-order valence-electron chi connectivity index (χ2n) is 8.42. The molecule has 172 valence electrons. The summed E-state index contributed by atoms with van der Waals surface area (Å²) in [5, 5.41) is 0. The maximum absolute atomic E-state index is 12.3. The van der Waals surface area contributed by atoms with Crippen molar-refractivity contribution >= 4 is 5.82 Å². The lowest BCUT2D eigenvalue weighted by Crippen LogP contribution is -2.36. The fraction of sp³-hybridized carbons (Fsp3) is 0.214. The Morgan fingerprint density at radius 1 is 0.853 bits per heavy atom. The van der Waals surface area contributed by atoms with Crippen LogP contribution in [-0.4, -0.2) is 22.3 Å². The minimum absolute atomic E-state index is 0.162. The Balaban J connectivity index is 1.47. The molecule has 2 N–H and O–H groups in total. The highest BCUT2D eigenvalue weighted by Crippen LogP contribution is 2.41. The molecular weight excluding hydrogens is 426 g/mol. The lowest BCUT2D eigenvalue weighted by atomic mass is 9.80. The van der Waals surface area contributed by atoms with Crippen LogP contribution in [0.15, 0.2) is 108 Å². The van der Waals surface area contributed by atoms with Crippen molar-refractivity contribution in [2.24, 2.45) is 0 Å². The Bertz CT molecular complexity index is 1180. The van der Waals surface area contributed by atoms with Crippen LogP contribution in [0.2, 0.25) is 0 Å². The molecule has 1 fully saturated rings. The monoisotopic (exact) mass is 453 g/mol. The molecule has 1 aliphatic rings. The molecule has 5 rings (SSSR count). The molecule has 0 saturated carbocycles. The molecule has 0 bridgehead atoms. The average molecular weight is 454 g/mol.